The first kappa shape index (κ1) is 21.1. The van der Waals surface area contributed by atoms with Crippen molar-refractivity contribution in [1.29, 1.82) is 0 Å². The molecule has 0 unspecified atom stereocenters. The second kappa shape index (κ2) is 7.95. The number of non-ortho nitro benzene ring substituents is 1. The molecule has 33 heavy (non-hydrogen) atoms. The summed E-state index contributed by atoms with van der Waals surface area (Å²) in [5.41, 5.74) is 1.65. The van der Waals surface area contributed by atoms with Crippen LogP contribution >= 0.6 is 0 Å². The molecule has 2 saturated heterocycles. The number of fused-ring (bicyclic) bond motifs is 5. The van der Waals surface area contributed by atoms with Gasteiger partial charge in [-0.2, -0.15) is 0 Å². The van der Waals surface area contributed by atoms with E-state index >= 15 is 0 Å². The van der Waals surface area contributed by atoms with E-state index in [4.69, 9.17) is 0 Å². The average molecular weight is 445 g/mol. The monoisotopic (exact) mass is 445 g/mol. The molecule has 2 fully saturated rings. The van der Waals surface area contributed by atoms with Gasteiger partial charge in [-0.1, -0.05) is 55.8 Å². The van der Waals surface area contributed by atoms with Gasteiger partial charge >= 0.3 is 0 Å². The molecule has 3 aliphatic heterocycles. The summed E-state index contributed by atoms with van der Waals surface area (Å²) in [6.45, 7) is 2.33. The Hall–Kier alpha value is -3.81. The summed E-state index contributed by atoms with van der Waals surface area (Å²) < 4.78 is 0. The first-order chi connectivity index (χ1) is 15.9. The zero-order valence-electron chi connectivity index (χ0n) is 18.1. The number of carbonyl (C=O) groups is 3. The maximum Gasteiger partial charge on any atom is 0.270 e. The van der Waals surface area contributed by atoms with E-state index in [-0.39, 0.29) is 28.8 Å². The summed E-state index contributed by atoms with van der Waals surface area (Å²) in [6.07, 6.45) is 5.37. The molecule has 0 saturated carbocycles. The highest BCUT2D eigenvalue weighted by atomic mass is 16.6. The molecule has 0 spiro atoms. The van der Waals surface area contributed by atoms with E-state index in [1.807, 2.05) is 48.2 Å². The molecule has 2 amide bonds. The van der Waals surface area contributed by atoms with E-state index in [2.05, 4.69) is 0 Å². The first-order valence-corrected chi connectivity index (χ1v) is 11.1. The number of hydrogen-bond acceptors (Lipinski definition) is 6. The number of unbranched alkanes of at least 4 members (excludes halogenated alkanes) is 1. The number of carbonyl (C=O) groups excluding carboxylic acids is 3. The molecular formula is C25H23N3O5. The summed E-state index contributed by atoms with van der Waals surface area (Å²) in [4.78, 5) is 54.6. The Labute approximate surface area is 190 Å². The highest BCUT2D eigenvalue weighted by Gasteiger charge is 2.63. The van der Waals surface area contributed by atoms with Crippen LogP contribution in [0.5, 0.6) is 0 Å². The van der Waals surface area contributed by atoms with Gasteiger partial charge in [-0.05, 0) is 18.1 Å². The number of ketones is 1. The SMILES string of the molecule is CCCCN1C(=O)[C@@H]2[C@H](C1=O)[C@H]1C=Cc3ccccc3N1[C@@H]2C(=O)c1cccc([N+](=O)[O-])c1. The largest absolute Gasteiger partial charge is 0.352 e. The van der Waals surface area contributed by atoms with Crippen molar-refractivity contribution >= 4 is 35.0 Å². The minimum atomic E-state index is -0.920. The van der Waals surface area contributed by atoms with Gasteiger partial charge < -0.3 is 4.90 Å². The Bertz CT molecular complexity index is 1210. The van der Waals surface area contributed by atoms with E-state index < -0.39 is 28.8 Å². The molecule has 4 atom stereocenters. The normalized spacial score (nSPS) is 25.1. The van der Waals surface area contributed by atoms with E-state index in [1.165, 1.54) is 29.2 Å². The van der Waals surface area contributed by atoms with Gasteiger partial charge in [-0.3, -0.25) is 29.4 Å². The van der Waals surface area contributed by atoms with Crippen molar-refractivity contribution in [3.05, 3.63) is 75.8 Å². The average Bonchev–Trinajstić information content (AvgIpc) is 3.30. The maximum atomic E-state index is 13.8. The standard InChI is InChI=1S/C25H23N3O5/c1-2-3-13-26-24(30)20-19-12-11-15-7-4-5-10-18(15)27(19)22(21(20)25(26)31)23(29)16-8-6-9-17(14-16)28(32)33/h4-12,14,19-22H,2-3,13H2,1H3/t19-,20-,21-,22+/m1/s1. The number of anilines is 1. The van der Waals surface area contributed by atoms with Crippen LogP contribution in [0.3, 0.4) is 0 Å². The number of benzene rings is 2. The van der Waals surface area contributed by atoms with E-state index in [0.29, 0.717) is 13.0 Å². The summed E-state index contributed by atoms with van der Waals surface area (Å²) in [5.74, 6) is -2.46. The van der Waals surface area contributed by atoms with Gasteiger partial charge in [-0.25, -0.2) is 0 Å². The Balaban J connectivity index is 1.62. The molecule has 0 N–H and O–H groups in total. The van der Waals surface area contributed by atoms with Crippen molar-refractivity contribution in [3.8, 4) is 0 Å². The number of rotatable bonds is 6. The Morgan fingerprint density at radius 2 is 1.82 bits per heavy atom. The predicted molar refractivity (Wildman–Crippen MR) is 122 cm³/mol. The van der Waals surface area contributed by atoms with E-state index in [9.17, 15) is 24.5 Å². The van der Waals surface area contributed by atoms with E-state index in [1.54, 1.807) is 0 Å². The summed E-state index contributed by atoms with van der Waals surface area (Å²) in [5, 5.41) is 11.3. The number of nitrogens with zero attached hydrogens (tertiary/aromatic N) is 3. The molecule has 0 bridgehead atoms. The van der Waals surface area contributed by atoms with Crippen LogP contribution in [0.4, 0.5) is 11.4 Å². The molecule has 0 aromatic heterocycles. The molecule has 168 valence electrons. The second-order valence-electron chi connectivity index (χ2n) is 8.67. The fourth-order valence-electron chi connectivity index (χ4n) is 5.36. The number of likely N-dealkylation sites (tertiary alicyclic amines) is 1. The van der Waals surface area contributed by atoms with Crippen molar-refractivity contribution in [2.24, 2.45) is 11.8 Å². The van der Waals surface area contributed by atoms with Crippen LogP contribution in [0.1, 0.15) is 35.7 Å². The minimum absolute atomic E-state index is 0.160. The quantitative estimate of drug-likeness (QED) is 0.292. The molecule has 8 heteroatoms. The second-order valence-corrected chi connectivity index (χ2v) is 8.67. The fraction of sp³-hybridized carbons (Fsp3) is 0.320. The molecule has 0 aliphatic carbocycles. The summed E-state index contributed by atoms with van der Waals surface area (Å²) in [7, 11) is 0. The lowest BCUT2D eigenvalue weighted by atomic mass is 9.86. The molecule has 0 radical (unpaired) electrons. The van der Waals surface area contributed by atoms with Gasteiger partial charge in [0.15, 0.2) is 5.78 Å². The minimum Gasteiger partial charge on any atom is -0.352 e. The lowest BCUT2D eigenvalue weighted by molar-refractivity contribution is -0.384. The Morgan fingerprint density at radius 3 is 2.58 bits per heavy atom. The predicted octanol–water partition coefficient (Wildman–Crippen LogP) is 3.46. The fourth-order valence-corrected chi connectivity index (χ4v) is 5.36. The van der Waals surface area contributed by atoms with Crippen LogP contribution in [0.15, 0.2) is 54.6 Å². The van der Waals surface area contributed by atoms with Crippen LogP contribution in [0, 0.1) is 22.0 Å². The zero-order chi connectivity index (χ0) is 23.3. The number of para-hydroxylation sites is 1. The molecule has 2 aromatic rings. The van der Waals surface area contributed by atoms with Gasteiger partial charge in [0, 0.05) is 29.9 Å². The van der Waals surface area contributed by atoms with Gasteiger partial charge in [-0.15, -0.1) is 0 Å². The lowest BCUT2D eigenvalue weighted by Gasteiger charge is -2.36. The number of amides is 2. The molecule has 2 aromatic carbocycles. The van der Waals surface area contributed by atoms with Crippen molar-refractivity contribution in [3.63, 3.8) is 0 Å². The van der Waals surface area contributed by atoms with Crippen LogP contribution in [0.2, 0.25) is 0 Å². The highest BCUT2D eigenvalue weighted by Crippen LogP contribution is 2.49. The Kier molecular flexibility index (Phi) is 5.08. The number of hydrogen-bond donors (Lipinski definition) is 0. The smallest absolute Gasteiger partial charge is 0.270 e. The Morgan fingerprint density at radius 1 is 1.06 bits per heavy atom. The molecule has 3 aliphatic rings. The highest BCUT2D eigenvalue weighted by molar-refractivity contribution is 6.14. The van der Waals surface area contributed by atoms with Crippen molar-refractivity contribution < 1.29 is 19.3 Å². The van der Waals surface area contributed by atoms with Gasteiger partial charge in [0.05, 0.1) is 22.8 Å². The van der Waals surface area contributed by atoms with Gasteiger partial charge in [0.1, 0.15) is 6.04 Å². The summed E-state index contributed by atoms with van der Waals surface area (Å²) in [6, 6.07) is 11.8. The first-order valence-electron chi connectivity index (χ1n) is 11.1. The molecule has 8 nitrogen and oxygen atoms in total. The topological polar surface area (TPSA) is 101 Å². The number of imide groups is 1. The molecular weight excluding hydrogens is 422 g/mol. The third kappa shape index (κ3) is 3.16. The third-order valence-corrected chi connectivity index (χ3v) is 6.85. The molecule has 5 rings (SSSR count). The number of nitro benzene ring substituents is 1. The van der Waals surface area contributed by atoms with Crippen LogP contribution in [-0.4, -0.2) is 46.0 Å². The molecule has 3 heterocycles. The maximum absolute atomic E-state index is 13.8. The zero-order valence-corrected chi connectivity index (χ0v) is 18.1. The number of Topliss-reactive ketones (excluding diaryl/α,β-unsaturated/α-hetero) is 1. The van der Waals surface area contributed by atoms with Crippen molar-refractivity contribution in [2.75, 3.05) is 11.4 Å². The van der Waals surface area contributed by atoms with Crippen molar-refractivity contribution in [2.45, 2.75) is 31.8 Å². The van der Waals surface area contributed by atoms with Crippen molar-refractivity contribution in [1.82, 2.24) is 4.90 Å². The van der Waals surface area contributed by atoms with Gasteiger partial charge in [0.2, 0.25) is 11.8 Å². The van der Waals surface area contributed by atoms with Gasteiger partial charge in [0.25, 0.3) is 5.69 Å². The van der Waals surface area contributed by atoms with E-state index in [0.717, 1.165) is 17.7 Å². The third-order valence-electron chi connectivity index (χ3n) is 6.85. The summed E-state index contributed by atoms with van der Waals surface area (Å²) >= 11 is 0. The lowest BCUT2D eigenvalue weighted by Crippen LogP contribution is -2.48. The van der Waals surface area contributed by atoms with Crippen LogP contribution in [0.25, 0.3) is 6.08 Å². The van der Waals surface area contributed by atoms with Crippen LogP contribution in [-0.2, 0) is 9.59 Å². The van der Waals surface area contributed by atoms with Crippen LogP contribution < -0.4 is 4.90 Å². The number of nitro groups is 1.